The number of amides is 2. The van der Waals surface area contributed by atoms with Gasteiger partial charge in [-0.1, -0.05) is 66.5 Å². The van der Waals surface area contributed by atoms with E-state index in [4.69, 9.17) is 27.9 Å². The van der Waals surface area contributed by atoms with Crippen LogP contribution in [0.1, 0.15) is 51.2 Å². The first-order chi connectivity index (χ1) is 20.9. The van der Waals surface area contributed by atoms with E-state index in [1.54, 1.807) is 47.4 Å². The highest BCUT2D eigenvalue weighted by molar-refractivity contribution is 7.92. The van der Waals surface area contributed by atoms with Crippen LogP contribution < -0.4 is 14.4 Å². The Labute approximate surface area is 271 Å². The van der Waals surface area contributed by atoms with Crippen molar-refractivity contribution in [3.8, 4) is 5.75 Å². The molecule has 0 saturated carbocycles. The lowest BCUT2D eigenvalue weighted by Gasteiger charge is -2.33. The number of hydrogen-bond acceptors (Lipinski definition) is 5. The fourth-order valence-electron chi connectivity index (χ4n) is 4.71. The van der Waals surface area contributed by atoms with Crippen molar-refractivity contribution in [1.29, 1.82) is 0 Å². The summed E-state index contributed by atoms with van der Waals surface area (Å²) in [5.41, 5.74) is 2.10. The third-order valence-electron chi connectivity index (χ3n) is 7.20. The van der Waals surface area contributed by atoms with Gasteiger partial charge >= 0.3 is 0 Å². The highest BCUT2D eigenvalue weighted by Gasteiger charge is 2.31. The molecule has 0 aliphatic carbocycles. The van der Waals surface area contributed by atoms with Crippen molar-refractivity contribution in [1.82, 2.24) is 10.2 Å². The second-order valence-electron chi connectivity index (χ2n) is 10.7. The maximum Gasteiger partial charge on any atom is 0.243 e. The van der Waals surface area contributed by atoms with E-state index in [9.17, 15) is 18.0 Å². The molecular formula is C33H41Cl2N3O5S. The smallest absolute Gasteiger partial charge is 0.243 e. The average molecular weight is 663 g/mol. The molecule has 3 aromatic carbocycles. The third kappa shape index (κ3) is 10.4. The molecule has 0 fully saturated rings. The van der Waals surface area contributed by atoms with Crippen molar-refractivity contribution in [2.24, 2.45) is 0 Å². The number of carbonyl (C=O) groups is 2. The SMILES string of the molecule is CCOc1ccc(N(CCCC(=O)N(Cc2ccc(Cl)c(Cl)c2)[C@@H](Cc2ccccc2)C(=O)N[C@@H](C)CC)S(C)(=O)=O)cc1. The van der Waals surface area contributed by atoms with Crippen LogP contribution in [-0.2, 0) is 32.6 Å². The van der Waals surface area contributed by atoms with E-state index in [1.807, 2.05) is 51.1 Å². The summed E-state index contributed by atoms with van der Waals surface area (Å²) in [6.07, 6.45) is 2.43. The Morgan fingerprint density at radius 2 is 1.61 bits per heavy atom. The standard InChI is InChI=1S/C33H41Cl2N3O5S/c1-5-24(3)36-33(40)31(22-25-11-8-7-9-12-25)37(23-26-14-19-29(34)30(35)21-26)32(39)13-10-20-38(44(4,41)42)27-15-17-28(18-16-27)43-6-2/h7-9,11-12,14-19,21,24,31H,5-6,10,13,20,22-23H2,1-4H3,(H,36,40)/t24-,31-/m0/s1. The molecule has 0 aliphatic heterocycles. The van der Waals surface area contributed by atoms with E-state index < -0.39 is 16.1 Å². The minimum Gasteiger partial charge on any atom is -0.494 e. The molecule has 0 unspecified atom stereocenters. The monoisotopic (exact) mass is 661 g/mol. The van der Waals surface area contributed by atoms with Gasteiger partial charge in [-0.2, -0.15) is 0 Å². The second-order valence-corrected chi connectivity index (χ2v) is 13.4. The zero-order chi connectivity index (χ0) is 32.3. The van der Waals surface area contributed by atoms with E-state index in [-0.39, 0.29) is 43.8 Å². The summed E-state index contributed by atoms with van der Waals surface area (Å²) >= 11 is 12.4. The van der Waals surface area contributed by atoms with Crippen molar-refractivity contribution < 1.29 is 22.7 Å². The molecule has 0 bridgehead atoms. The molecule has 3 rings (SSSR count). The van der Waals surface area contributed by atoms with Gasteiger partial charge in [-0.3, -0.25) is 13.9 Å². The summed E-state index contributed by atoms with van der Waals surface area (Å²) in [6, 6.07) is 20.5. The Balaban J connectivity index is 1.89. The van der Waals surface area contributed by atoms with Gasteiger partial charge in [-0.15, -0.1) is 0 Å². The molecule has 2 amide bonds. The molecule has 8 nitrogen and oxygen atoms in total. The number of nitrogens with one attached hydrogen (secondary N) is 1. The van der Waals surface area contributed by atoms with Gasteiger partial charge in [-0.25, -0.2) is 8.42 Å². The average Bonchev–Trinajstić information content (AvgIpc) is 2.99. The normalized spacial score (nSPS) is 12.7. The van der Waals surface area contributed by atoms with Crippen LogP contribution >= 0.6 is 23.2 Å². The van der Waals surface area contributed by atoms with Crippen LogP contribution in [0, 0.1) is 0 Å². The number of ether oxygens (including phenoxy) is 1. The predicted molar refractivity (Wildman–Crippen MR) is 178 cm³/mol. The van der Waals surface area contributed by atoms with Crippen molar-refractivity contribution in [2.45, 2.75) is 65.1 Å². The molecular weight excluding hydrogens is 621 g/mol. The summed E-state index contributed by atoms with van der Waals surface area (Å²) in [6.45, 7) is 6.47. The van der Waals surface area contributed by atoms with Gasteiger partial charge in [0.05, 0.1) is 28.6 Å². The largest absolute Gasteiger partial charge is 0.494 e. The summed E-state index contributed by atoms with van der Waals surface area (Å²) in [5, 5.41) is 3.78. The first-order valence-electron chi connectivity index (χ1n) is 14.7. The van der Waals surface area contributed by atoms with Crippen molar-refractivity contribution in [3.63, 3.8) is 0 Å². The zero-order valence-electron chi connectivity index (χ0n) is 25.6. The van der Waals surface area contributed by atoms with Crippen molar-refractivity contribution in [2.75, 3.05) is 23.7 Å². The predicted octanol–water partition coefficient (Wildman–Crippen LogP) is 6.49. The van der Waals surface area contributed by atoms with E-state index in [1.165, 1.54) is 4.31 Å². The number of anilines is 1. The Kier molecular flexibility index (Phi) is 13.4. The number of sulfonamides is 1. The van der Waals surface area contributed by atoms with Crippen LogP contribution in [0.15, 0.2) is 72.8 Å². The summed E-state index contributed by atoms with van der Waals surface area (Å²) in [5.74, 6) is 0.0955. The lowest BCUT2D eigenvalue weighted by Crippen LogP contribution is -2.52. The summed E-state index contributed by atoms with van der Waals surface area (Å²) in [7, 11) is -3.63. The number of carbonyl (C=O) groups excluding carboxylic acids is 2. The topological polar surface area (TPSA) is 96.0 Å². The highest BCUT2D eigenvalue weighted by Crippen LogP contribution is 2.26. The fourth-order valence-corrected chi connectivity index (χ4v) is 6.00. The van der Waals surface area contributed by atoms with Gasteiger partial charge in [-0.05, 0) is 74.2 Å². The lowest BCUT2D eigenvalue weighted by atomic mass is 10.0. The Morgan fingerprint density at radius 1 is 0.932 bits per heavy atom. The van der Waals surface area contributed by atoms with Crippen LogP contribution in [0.25, 0.3) is 0 Å². The molecule has 2 atom stereocenters. The fraction of sp³-hybridized carbons (Fsp3) is 0.394. The van der Waals surface area contributed by atoms with Crippen molar-refractivity contribution in [3.05, 3.63) is 94.0 Å². The number of nitrogens with zero attached hydrogens (tertiary/aromatic N) is 2. The van der Waals surface area contributed by atoms with Gasteiger partial charge in [0.1, 0.15) is 11.8 Å². The Hall–Kier alpha value is -3.27. The van der Waals surface area contributed by atoms with Crippen molar-refractivity contribution >= 4 is 50.7 Å². The molecule has 0 aromatic heterocycles. The van der Waals surface area contributed by atoms with E-state index in [2.05, 4.69) is 5.32 Å². The number of rotatable bonds is 16. The van der Waals surface area contributed by atoms with Gasteiger partial charge in [0.25, 0.3) is 0 Å². The molecule has 44 heavy (non-hydrogen) atoms. The summed E-state index contributed by atoms with van der Waals surface area (Å²) < 4.78 is 32.2. The Bertz CT molecular complexity index is 1490. The molecule has 0 aliphatic rings. The van der Waals surface area contributed by atoms with Crippen LogP contribution in [0.3, 0.4) is 0 Å². The van der Waals surface area contributed by atoms with Gasteiger partial charge in [0, 0.05) is 32.0 Å². The molecule has 0 saturated heterocycles. The third-order valence-corrected chi connectivity index (χ3v) is 9.13. The van der Waals surface area contributed by atoms with E-state index >= 15 is 0 Å². The molecule has 3 aromatic rings. The molecule has 0 spiro atoms. The minimum atomic E-state index is -3.63. The maximum atomic E-state index is 14.0. The van der Waals surface area contributed by atoms with Crippen LogP contribution in [-0.4, -0.2) is 56.6 Å². The summed E-state index contributed by atoms with van der Waals surface area (Å²) in [4.78, 5) is 29.2. The first-order valence-corrected chi connectivity index (χ1v) is 17.3. The minimum absolute atomic E-state index is 0.0201. The molecule has 1 N–H and O–H groups in total. The van der Waals surface area contributed by atoms with Crippen LogP contribution in [0.4, 0.5) is 5.69 Å². The van der Waals surface area contributed by atoms with E-state index in [0.29, 0.717) is 40.1 Å². The number of halogens is 2. The highest BCUT2D eigenvalue weighted by atomic mass is 35.5. The molecule has 0 radical (unpaired) electrons. The van der Waals surface area contributed by atoms with Crippen LogP contribution in [0.2, 0.25) is 10.0 Å². The Morgan fingerprint density at radius 3 is 2.20 bits per heavy atom. The lowest BCUT2D eigenvalue weighted by molar-refractivity contribution is -0.141. The van der Waals surface area contributed by atoms with Crippen LogP contribution in [0.5, 0.6) is 5.75 Å². The second kappa shape index (κ2) is 16.7. The number of hydrogen-bond donors (Lipinski definition) is 1. The first kappa shape index (κ1) is 35.2. The maximum absolute atomic E-state index is 14.0. The number of benzene rings is 3. The molecule has 11 heteroatoms. The molecule has 238 valence electrons. The molecule has 0 heterocycles. The van der Waals surface area contributed by atoms with Gasteiger partial charge in [0.2, 0.25) is 21.8 Å². The van der Waals surface area contributed by atoms with E-state index in [0.717, 1.165) is 18.2 Å². The van der Waals surface area contributed by atoms with Gasteiger partial charge in [0.15, 0.2) is 0 Å². The van der Waals surface area contributed by atoms with Gasteiger partial charge < -0.3 is 15.0 Å². The quantitative estimate of drug-likeness (QED) is 0.189. The zero-order valence-corrected chi connectivity index (χ0v) is 28.0.